The highest BCUT2D eigenvalue weighted by atomic mass is 19.1. The maximum atomic E-state index is 16.0. The number of nitrogens with zero attached hydrogens (tertiary/aromatic N) is 5. The molecule has 3 aromatic carbocycles. The Morgan fingerprint density at radius 2 is 1.68 bits per heavy atom. The van der Waals surface area contributed by atoms with Gasteiger partial charge in [-0.25, -0.2) is 17.9 Å². The molecule has 0 atom stereocenters. The summed E-state index contributed by atoms with van der Waals surface area (Å²) in [6.45, 7) is 0. The summed E-state index contributed by atoms with van der Waals surface area (Å²) in [6.07, 6.45) is 3.23. The van der Waals surface area contributed by atoms with Gasteiger partial charge in [0.2, 0.25) is 0 Å². The van der Waals surface area contributed by atoms with E-state index in [1.54, 1.807) is 48.6 Å². The fourth-order valence-electron chi connectivity index (χ4n) is 4.12. The number of nitriles is 1. The van der Waals surface area contributed by atoms with Crippen LogP contribution in [0, 0.1) is 28.8 Å². The molecule has 1 amide bonds. The van der Waals surface area contributed by atoms with E-state index in [1.165, 1.54) is 36.4 Å². The number of rotatable bonds is 5. The lowest BCUT2D eigenvalue weighted by molar-refractivity contribution is 0.0996. The van der Waals surface area contributed by atoms with Crippen LogP contribution in [-0.4, -0.2) is 27.7 Å². The largest absolute Gasteiger partial charge is 0.364 e. The van der Waals surface area contributed by atoms with Crippen LogP contribution in [0.2, 0.25) is 0 Å². The molecule has 0 radical (unpaired) electrons. The van der Waals surface area contributed by atoms with E-state index < -0.39 is 23.4 Å². The van der Waals surface area contributed by atoms with Crippen molar-refractivity contribution < 1.29 is 18.0 Å². The number of halogens is 3. The quantitative estimate of drug-likeness (QED) is 0.357. The highest BCUT2D eigenvalue weighted by Crippen LogP contribution is 2.35. The third-order valence-electron chi connectivity index (χ3n) is 6.01. The van der Waals surface area contributed by atoms with E-state index in [0.29, 0.717) is 5.69 Å². The smallest absolute Gasteiger partial charge is 0.269 e. The van der Waals surface area contributed by atoms with E-state index in [2.05, 4.69) is 10.1 Å². The number of hydrogen-bond acceptors (Lipinski definition) is 5. The summed E-state index contributed by atoms with van der Waals surface area (Å²) in [5.74, 6) is -3.22. The first-order valence-corrected chi connectivity index (χ1v) is 10.9. The lowest BCUT2D eigenvalue weighted by Gasteiger charge is -2.20. The van der Waals surface area contributed by atoms with Gasteiger partial charge in [-0.05, 0) is 54.6 Å². The first kappa shape index (κ1) is 23.6. The molecule has 0 saturated heterocycles. The van der Waals surface area contributed by atoms with Crippen molar-refractivity contribution in [2.24, 2.45) is 5.73 Å². The van der Waals surface area contributed by atoms with Gasteiger partial charge in [-0.2, -0.15) is 10.4 Å². The van der Waals surface area contributed by atoms with Crippen molar-refractivity contribution in [1.29, 1.82) is 5.26 Å². The number of amides is 1. The number of anilines is 2. The second-order valence-electron chi connectivity index (χ2n) is 8.15. The number of hydrogen-bond donors (Lipinski definition) is 1. The van der Waals surface area contributed by atoms with Gasteiger partial charge in [-0.15, -0.1) is 0 Å². The van der Waals surface area contributed by atoms with E-state index in [0.717, 1.165) is 16.4 Å². The van der Waals surface area contributed by atoms with Crippen LogP contribution in [0.25, 0.3) is 27.7 Å². The Morgan fingerprint density at radius 3 is 2.35 bits per heavy atom. The molecule has 0 saturated carbocycles. The summed E-state index contributed by atoms with van der Waals surface area (Å²) in [5.41, 5.74) is 6.11. The minimum absolute atomic E-state index is 0.0172. The van der Waals surface area contributed by atoms with Crippen LogP contribution >= 0.6 is 0 Å². The molecule has 0 aliphatic carbocycles. The second-order valence-corrected chi connectivity index (χ2v) is 8.15. The van der Waals surface area contributed by atoms with Crippen molar-refractivity contribution in [3.8, 4) is 22.9 Å². The number of carbonyl (C=O) groups excluding carboxylic acids is 1. The minimum atomic E-state index is -0.909. The lowest BCUT2D eigenvalue weighted by Crippen LogP contribution is -2.12. The third-order valence-corrected chi connectivity index (χ3v) is 6.01. The van der Waals surface area contributed by atoms with Crippen LogP contribution in [0.1, 0.15) is 16.1 Å². The van der Waals surface area contributed by atoms with E-state index in [4.69, 9.17) is 5.73 Å². The molecule has 0 aliphatic heterocycles. The van der Waals surface area contributed by atoms with Crippen molar-refractivity contribution in [3.63, 3.8) is 0 Å². The van der Waals surface area contributed by atoms with Gasteiger partial charge in [0.1, 0.15) is 23.2 Å². The van der Waals surface area contributed by atoms with Crippen molar-refractivity contribution in [3.05, 3.63) is 102 Å². The molecule has 0 aliphatic rings. The van der Waals surface area contributed by atoms with Gasteiger partial charge in [0.15, 0.2) is 11.5 Å². The molecule has 0 bridgehead atoms. The average Bonchev–Trinajstić information content (AvgIpc) is 3.30. The minimum Gasteiger partial charge on any atom is -0.364 e. The van der Waals surface area contributed by atoms with Gasteiger partial charge in [-0.1, -0.05) is 6.07 Å². The van der Waals surface area contributed by atoms with Crippen LogP contribution < -0.4 is 10.6 Å². The zero-order chi connectivity index (χ0) is 26.3. The predicted octanol–water partition coefficient (Wildman–Crippen LogP) is 5.24. The number of benzene rings is 3. The summed E-state index contributed by atoms with van der Waals surface area (Å²) in [4.78, 5) is 17.7. The van der Waals surface area contributed by atoms with Gasteiger partial charge in [0.05, 0.1) is 11.3 Å². The number of aromatic nitrogens is 3. The topological polar surface area (TPSA) is 101 Å². The highest BCUT2D eigenvalue weighted by molar-refractivity contribution is 6.05. The van der Waals surface area contributed by atoms with Gasteiger partial charge in [0, 0.05) is 47.3 Å². The Hall–Kier alpha value is -5.17. The predicted molar refractivity (Wildman–Crippen MR) is 132 cm³/mol. The third kappa shape index (κ3) is 4.02. The van der Waals surface area contributed by atoms with Crippen LogP contribution in [0.15, 0.2) is 73.1 Å². The normalized spacial score (nSPS) is 10.9. The summed E-state index contributed by atoms with van der Waals surface area (Å²) in [5, 5.41) is 13.4. The Morgan fingerprint density at radius 1 is 0.946 bits per heavy atom. The summed E-state index contributed by atoms with van der Waals surface area (Å²) < 4.78 is 46.3. The van der Waals surface area contributed by atoms with Crippen molar-refractivity contribution in [2.45, 2.75) is 0 Å². The van der Waals surface area contributed by atoms with Gasteiger partial charge < -0.3 is 10.6 Å². The van der Waals surface area contributed by atoms with E-state index in [1.807, 2.05) is 0 Å². The maximum absolute atomic E-state index is 16.0. The van der Waals surface area contributed by atoms with E-state index >= 15 is 8.78 Å². The average molecular weight is 498 g/mol. The molecular formula is C27H17F3N6O. The highest BCUT2D eigenvalue weighted by Gasteiger charge is 2.23. The molecule has 7 nitrogen and oxygen atoms in total. The summed E-state index contributed by atoms with van der Waals surface area (Å²) in [6, 6.07) is 15.9. The lowest BCUT2D eigenvalue weighted by atomic mass is 10.0. The molecule has 5 aromatic rings. The molecule has 5 rings (SSSR count). The van der Waals surface area contributed by atoms with Gasteiger partial charge in [0.25, 0.3) is 5.91 Å². The van der Waals surface area contributed by atoms with Crippen molar-refractivity contribution in [1.82, 2.24) is 14.8 Å². The molecule has 0 fully saturated rings. The number of carbonyl (C=O) groups is 1. The Labute approximate surface area is 208 Å². The molecule has 10 heteroatoms. The van der Waals surface area contributed by atoms with Crippen molar-refractivity contribution in [2.75, 3.05) is 11.9 Å². The molecule has 37 heavy (non-hydrogen) atoms. The first-order chi connectivity index (χ1) is 17.8. The SMILES string of the molecule is CN(c1ccncc1)c1ccc(-c2ccc3c(C(N)=O)nn(-c4ccc(F)c(C#N)c4)c3c2F)c(F)c1. The van der Waals surface area contributed by atoms with Crippen LogP contribution in [0.3, 0.4) is 0 Å². The molecular weight excluding hydrogens is 481 g/mol. The summed E-state index contributed by atoms with van der Waals surface area (Å²) >= 11 is 0. The number of pyridine rings is 1. The number of fused-ring (bicyclic) bond motifs is 1. The van der Waals surface area contributed by atoms with E-state index in [-0.39, 0.29) is 39.0 Å². The molecule has 2 aromatic heterocycles. The van der Waals surface area contributed by atoms with E-state index in [9.17, 15) is 14.4 Å². The molecule has 182 valence electrons. The Kier molecular flexibility index (Phi) is 5.81. The maximum Gasteiger partial charge on any atom is 0.269 e. The fraction of sp³-hybridized carbons (Fsp3) is 0.0370. The molecule has 2 heterocycles. The zero-order valence-electron chi connectivity index (χ0n) is 19.3. The molecule has 0 spiro atoms. The van der Waals surface area contributed by atoms with Crippen LogP contribution in [-0.2, 0) is 0 Å². The Bertz CT molecular complexity index is 1730. The number of nitrogens with two attached hydrogens (primary N) is 1. The monoisotopic (exact) mass is 498 g/mol. The van der Waals surface area contributed by atoms with Crippen molar-refractivity contribution >= 4 is 28.2 Å². The summed E-state index contributed by atoms with van der Waals surface area (Å²) in [7, 11) is 1.76. The molecule has 0 unspecified atom stereocenters. The zero-order valence-corrected chi connectivity index (χ0v) is 19.3. The first-order valence-electron chi connectivity index (χ1n) is 10.9. The molecule has 2 N–H and O–H groups in total. The Balaban J connectivity index is 1.67. The fourth-order valence-corrected chi connectivity index (χ4v) is 4.12. The van der Waals surface area contributed by atoms with Crippen LogP contribution in [0.5, 0.6) is 0 Å². The second kappa shape index (κ2) is 9.13. The standard InChI is InChI=1S/C27H17F3N6O/c1-35(16-8-10-33-11-9-16)17-2-4-19(23(29)13-17)20-5-6-21-25(27(32)37)34-36(26(21)24(20)30)18-3-7-22(28)15(12-18)14-31/h2-13H,1H3,(H2,32,37). The number of primary amides is 1. The van der Waals surface area contributed by atoms with Crippen LogP contribution in [0.4, 0.5) is 24.5 Å². The van der Waals surface area contributed by atoms with Gasteiger partial charge >= 0.3 is 0 Å². The van der Waals surface area contributed by atoms with Gasteiger partial charge in [-0.3, -0.25) is 9.78 Å².